The van der Waals surface area contributed by atoms with Gasteiger partial charge in [-0.3, -0.25) is 4.79 Å². The predicted molar refractivity (Wildman–Crippen MR) is 109 cm³/mol. The van der Waals surface area contributed by atoms with Gasteiger partial charge in [0.05, 0.1) is 0 Å². The Hall–Kier alpha value is -2.82. The topological polar surface area (TPSA) is 58.6 Å². The number of hydrogen-bond donors (Lipinski definition) is 1. The lowest BCUT2D eigenvalue weighted by Gasteiger charge is -2.24. The minimum Gasteiger partial charge on any atom is -0.444 e. The fourth-order valence-corrected chi connectivity index (χ4v) is 3.55. The maximum Gasteiger partial charge on any atom is 0.410 e. The minimum atomic E-state index is -0.529. The van der Waals surface area contributed by atoms with Crippen LogP contribution in [-0.4, -0.2) is 42.1 Å². The Morgan fingerprint density at radius 1 is 1.00 bits per heavy atom. The van der Waals surface area contributed by atoms with Gasteiger partial charge in [-0.2, -0.15) is 0 Å². The van der Waals surface area contributed by atoms with E-state index in [0.29, 0.717) is 25.2 Å². The number of nitrogens with zero attached hydrogens (tertiary/aromatic N) is 1. The zero-order valence-electron chi connectivity index (χ0n) is 16.7. The Morgan fingerprint density at radius 3 is 2.21 bits per heavy atom. The van der Waals surface area contributed by atoms with Crippen molar-refractivity contribution in [2.45, 2.75) is 32.3 Å². The third-order valence-corrected chi connectivity index (χ3v) is 4.88. The van der Waals surface area contributed by atoms with E-state index in [1.165, 1.54) is 5.56 Å². The van der Waals surface area contributed by atoms with Gasteiger partial charge in [0, 0.05) is 37.0 Å². The van der Waals surface area contributed by atoms with E-state index in [4.69, 9.17) is 4.74 Å². The lowest BCUT2D eigenvalue weighted by atomic mass is 9.89. The molecule has 2 amide bonds. The van der Waals surface area contributed by atoms with Crippen molar-refractivity contribution in [2.75, 3.05) is 19.6 Å². The normalized spacial score (nSPS) is 19.3. The van der Waals surface area contributed by atoms with Gasteiger partial charge >= 0.3 is 6.09 Å². The molecular formula is C23H28N2O3. The summed E-state index contributed by atoms with van der Waals surface area (Å²) in [5.74, 6) is 0.190. The molecule has 2 aromatic carbocycles. The second-order valence-electron chi connectivity index (χ2n) is 8.24. The smallest absolute Gasteiger partial charge is 0.410 e. The molecule has 1 heterocycles. The van der Waals surface area contributed by atoms with E-state index >= 15 is 0 Å². The SMILES string of the molecule is CC(C)(C)OC(=O)N1C[C@H](CNC(=O)c2ccccc2)[C@H](c2ccccc2)C1. The van der Waals surface area contributed by atoms with Crippen molar-refractivity contribution >= 4 is 12.0 Å². The van der Waals surface area contributed by atoms with Gasteiger partial charge in [-0.25, -0.2) is 4.79 Å². The molecule has 0 aromatic heterocycles. The molecule has 1 fully saturated rings. The highest BCUT2D eigenvalue weighted by Crippen LogP contribution is 2.33. The largest absolute Gasteiger partial charge is 0.444 e. The average molecular weight is 380 g/mol. The molecule has 0 unspecified atom stereocenters. The van der Waals surface area contributed by atoms with Crippen molar-refractivity contribution in [3.8, 4) is 0 Å². The van der Waals surface area contributed by atoms with E-state index in [2.05, 4.69) is 17.4 Å². The zero-order valence-corrected chi connectivity index (χ0v) is 16.7. The Kier molecular flexibility index (Phi) is 6.02. The van der Waals surface area contributed by atoms with E-state index in [0.717, 1.165) is 0 Å². The van der Waals surface area contributed by atoms with E-state index in [9.17, 15) is 9.59 Å². The van der Waals surface area contributed by atoms with Crippen LogP contribution in [0.25, 0.3) is 0 Å². The summed E-state index contributed by atoms with van der Waals surface area (Å²) in [6, 6.07) is 19.3. The van der Waals surface area contributed by atoms with Crippen molar-refractivity contribution in [2.24, 2.45) is 5.92 Å². The summed E-state index contributed by atoms with van der Waals surface area (Å²) in [5, 5.41) is 3.03. The number of benzene rings is 2. The Morgan fingerprint density at radius 2 is 1.61 bits per heavy atom. The molecule has 2 atom stereocenters. The second kappa shape index (κ2) is 8.46. The number of amides is 2. The Labute approximate surface area is 166 Å². The van der Waals surface area contributed by atoms with E-state index < -0.39 is 5.60 Å². The van der Waals surface area contributed by atoms with Crippen LogP contribution < -0.4 is 5.32 Å². The van der Waals surface area contributed by atoms with Gasteiger partial charge in [-0.05, 0) is 38.5 Å². The molecule has 1 saturated heterocycles. The number of nitrogens with one attached hydrogen (secondary N) is 1. The fourth-order valence-electron chi connectivity index (χ4n) is 3.55. The Bertz CT molecular complexity index is 800. The number of ether oxygens (including phenoxy) is 1. The first-order valence-electron chi connectivity index (χ1n) is 9.69. The van der Waals surface area contributed by atoms with Crippen molar-refractivity contribution in [1.29, 1.82) is 0 Å². The minimum absolute atomic E-state index is 0.0943. The summed E-state index contributed by atoms with van der Waals surface area (Å²) in [6.07, 6.45) is -0.301. The highest BCUT2D eigenvalue weighted by Gasteiger charge is 2.38. The lowest BCUT2D eigenvalue weighted by molar-refractivity contribution is 0.0287. The molecule has 148 valence electrons. The first-order valence-corrected chi connectivity index (χ1v) is 9.69. The first kappa shape index (κ1) is 19.9. The molecular weight excluding hydrogens is 352 g/mol. The molecule has 0 bridgehead atoms. The predicted octanol–water partition coefficient (Wildman–Crippen LogP) is 4.07. The maximum atomic E-state index is 12.6. The fraction of sp³-hybridized carbons (Fsp3) is 0.391. The van der Waals surface area contributed by atoms with Crippen LogP contribution in [0.2, 0.25) is 0 Å². The van der Waals surface area contributed by atoms with Gasteiger partial charge in [0.1, 0.15) is 5.60 Å². The van der Waals surface area contributed by atoms with Crippen LogP contribution >= 0.6 is 0 Å². The number of hydrogen-bond acceptors (Lipinski definition) is 3. The van der Waals surface area contributed by atoms with Crippen molar-refractivity contribution in [1.82, 2.24) is 10.2 Å². The van der Waals surface area contributed by atoms with Gasteiger partial charge in [0.2, 0.25) is 0 Å². The molecule has 0 aliphatic carbocycles. The molecule has 5 heteroatoms. The molecule has 1 N–H and O–H groups in total. The summed E-state index contributed by atoms with van der Waals surface area (Å²) in [7, 11) is 0. The molecule has 2 aromatic rings. The van der Waals surface area contributed by atoms with Crippen LogP contribution in [0.5, 0.6) is 0 Å². The van der Waals surface area contributed by atoms with Crippen LogP contribution in [0.4, 0.5) is 4.79 Å². The summed E-state index contributed by atoms with van der Waals surface area (Å²) in [6.45, 7) is 7.26. The molecule has 0 spiro atoms. The van der Waals surface area contributed by atoms with Crippen LogP contribution in [0.15, 0.2) is 60.7 Å². The van der Waals surface area contributed by atoms with E-state index in [1.54, 1.807) is 17.0 Å². The molecule has 1 aliphatic heterocycles. The van der Waals surface area contributed by atoms with Gasteiger partial charge in [0.15, 0.2) is 0 Å². The van der Waals surface area contributed by atoms with Crippen LogP contribution in [0.3, 0.4) is 0 Å². The van der Waals surface area contributed by atoms with Crippen LogP contribution in [-0.2, 0) is 4.74 Å². The molecule has 0 saturated carbocycles. The number of likely N-dealkylation sites (tertiary alicyclic amines) is 1. The highest BCUT2D eigenvalue weighted by atomic mass is 16.6. The van der Waals surface area contributed by atoms with Crippen molar-refractivity contribution in [3.05, 3.63) is 71.8 Å². The molecule has 0 radical (unpaired) electrons. The van der Waals surface area contributed by atoms with E-state index in [1.807, 2.05) is 57.2 Å². The molecule has 28 heavy (non-hydrogen) atoms. The third kappa shape index (κ3) is 5.12. The molecule has 5 nitrogen and oxygen atoms in total. The summed E-state index contributed by atoms with van der Waals surface area (Å²) >= 11 is 0. The standard InChI is InChI=1S/C23H28N2O3/c1-23(2,3)28-22(27)25-15-19(20(16-25)17-10-6-4-7-11-17)14-24-21(26)18-12-8-5-9-13-18/h4-13,19-20H,14-16H2,1-3H3,(H,24,26)/t19-,20-/m0/s1. The summed E-state index contributed by atoms with van der Waals surface area (Å²) in [5.41, 5.74) is 1.28. The van der Waals surface area contributed by atoms with E-state index in [-0.39, 0.29) is 23.8 Å². The van der Waals surface area contributed by atoms with Gasteiger partial charge in [-0.15, -0.1) is 0 Å². The third-order valence-electron chi connectivity index (χ3n) is 4.88. The summed E-state index contributed by atoms with van der Waals surface area (Å²) in [4.78, 5) is 26.7. The van der Waals surface area contributed by atoms with Crippen molar-refractivity contribution < 1.29 is 14.3 Å². The summed E-state index contributed by atoms with van der Waals surface area (Å²) < 4.78 is 5.55. The Balaban J connectivity index is 1.70. The molecule has 1 aliphatic rings. The number of carbonyl (C=O) groups excluding carboxylic acids is 2. The van der Waals surface area contributed by atoms with Gasteiger partial charge in [-0.1, -0.05) is 48.5 Å². The maximum absolute atomic E-state index is 12.6. The van der Waals surface area contributed by atoms with Gasteiger partial charge < -0.3 is 15.0 Å². The first-order chi connectivity index (χ1) is 13.3. The average Bonchev–Trinajstić information content (AvgIpc) is 3.11. The number of carbonyl (C=O) groups is 2. The van der Waals surface area contributed by atoms with Crippen LogP contribution in [0.1, 0.15) is 42.6 Å². The lowest BCUT2D eigenvalue weighted by Crippen LogP contribution is -2.36. The monoisotopic (exact) mass is 380 g/mol. The highest BCUT2D eigenvalue weighted by molar-refractivity contribution is 5.94. The van der Waals surface area contributed by atoms with Crippen molar-refractivity contribution in [3.63, 3.8) is 0 Å². The molecule has 3 rings (SSSR count). The quantitative estimate of drug-likeness (QED) is 0.870. The second-order valence-corrected chi connectivity index (χ2v) is 8.24. The number of rotatable bonds is 4. The van der Waals surface area contributed by atoms with Gasteiger partial charge in [0.25, 0.3) is 5.91 Å². The van der Waals surface area contributed by atoms with Crippen LogP contribution in [0, 0.1) is 5.92 Å². The zero-order chi connectivity index (χ0) is 20.1.